The van der Waals surface area contributed by atoms with Crippen LogP contribution in [0.3, 0.4) is 0 Å². The van der Waals surface area contributed by atoms with Crippen molar-refractivity contribution in [3.05, 3.63) is 22.8 Å². The van der Waals surface area contributed by atoms with Crippen LogP contribution in [0, 0.1) is 5.92 Å². The van der Waals surface area contributed by atoms with Crippen molar-refractivity contribution in [2.24, 2.45) is 11.7 Å². The Hall–Kier alpha value is -0.960. The molecule has 2 rings (SSSR count). The SMILES string of the molecule is CCc1nc(C2CC2C)nc(CC)c1CCN. The molecule has 0 radical (unpaired) electrons. The molecule has 1 aromatic heterocycles. The molecule has 1 aliphatic carbocycles. The summed E-state index contributed by atoms with van der Waals surface area (Å²) >= 11 is 0. The van der Waals surface area contributed by atoms with Crippen LogP contribution in [-0.2, 0) is 19.3 Å². The van der Waals surface area contributed by atoms with E-state index >= 15 is 0 Å². The third kappa shape index (κ3) is 2.49. The van der Waals surface area contributed by atoms with Gasteiger partial charge in [0.25, 0.3) is 0 Å². The molecule has 0 spiro atoms. The first-order valence-corrected chi connectivity index (χ1v) is 6.79. The molecule has 3 heteroatoms. The van der Waals surface area contributed by atoms with E-state index in [2.05, 4.69) is 20.8 Å². The van der Waals surface area contributed by atoms with Crippen molar-refractivity contribution in [1.29, 1.82) is 0 Å². The lowest BCUT2D eigenvalue weighted by Crippen LogP contribution is -2.13. The normalized spacial score (nSPS) is 22.8. The number of rotatable bonds is 5. The highest BCUT2D eigenvalue weighted by molar-refractivity contribution is 5.29. The van der Waals surface area contributed by atoms with E-state index in [1.807, 2.05) is 0 Å². The van der Waals surface area contributed by atoms with E-state index in [4.69, 9.17) is 15.7 Å². The van der Waals surface area contributed by atoms with Crippen LogP contribution >= 0.6 is 0 Å². The molecular formula is C14H23N3. The highest BCUT2D eigenvalue weighted by Crippen LogP contribution is 2.45. The van der Waals surface area contributed by atoms with E-state index in [1.165, 1.54) is 23.4 Å². The van der Waals surface area contributed by atoms with Crippen LogP contribution in [0.5, 0.6) is 0 Å². The first-order valence-electron chi connectivity index (χ1n) is 6.79. The van der Waals surface area contributed by atoms with Crippen LogP contribution in [-0.4, -0.2) is 16.5 Å². The molecule has 17 heavy (non-hydrogen) atoms. The molecule has 1 aliphatic rings. The van der Waals surface area contributed by atoms with Gasteiger partial charge in [-0.05, 0) is 43.7 Å². The van der Waals surface area contributed by atoms with E-state index in [0.29, 0.717) is 12.5 Å². The number of aryl methyl sites for hydroxylation is 2. The Labute approximate surface area is 104 Å². The van der Waals surface area contributed by atoms with Crippen LogP contribution in [0.25, 0.3) is 0 Å². The molecule has 0 aromatic carbocycles. The maximum atomic E-state index is 5.68. The third-order valence-corrected chi connectivity index (χ3v) is 3.70. The molecule has 0 amide bonds. The van der Waals surface area contributed by atoms with Crippen LogP contribution < -0.4 is 5.73 Å². The average Bonchev–Trinajstić information content (AvgIpc) is 3.07. The first kappa shape index (κ1) is 12.5. The molecule has 2 N–H and O–H groups in total. The second-order valence-electron chi connectivity index (χ2n) is 5.02. The smallest absolute Gasteiger partial charge is 0.132 e. The number of nitrogens with two attached hydrogens (primary N) is 1. The van der Waals surface area contributed by atoms with E-state index in [9.17, 15) is 0 Å². The fourth-order valence-electron chi connectivity index (χ4n) is 2.47. The Kier molecular flexibility index (Phi) is 3.77. The van der Waals surface area contributed by atoms with E-state index in [1.54, 1.807) is 0 Å². The molecule has 2 atom stereocenters. The topological polar surface area (TPSA) is 51.8 Å². The summed E-state index contributed by atoms with van der Waals surface area (Å²) in [4.78, 5) is 9.53. The Balaban J connectivity index is 2.38. The summed E-state index contributed by atoms with van der Waals surface area (Å²) in [7, 11) is 0. The Bertz CT molecular complexity index is 375. The standard InChI is InChI=1S/C14H23N3/c1-4-12-10(6-7-15)13(5-2)17-14(16-12)11-8-9(11)3/h9,11H,4-8,15H2,1-3H3. The summed E-state index contributed by atoms with van der Waals surface area (Å²) in [5.74, 6) is 2.45. The van der Waals surface area contributed by atoms with E-state index in [0.717, 1.165) is 31.0 Å². The van der Waals surface area contributed by atoms with Gasteiger partial charge in [-0.2, -0.15) is 0 Å². The molecule has 1 saturated carbocycles. The fraction of sp³-hybridized carbons (Fsp3) is 0.714. The Morgan fingerprint density at radius 2 is 1.71 bits per heavy atom. The summed E-state index contributed by atoms with van der Waals surface area (Å²) in [6.45, 7) is 7.30. The highest BCUT2D eigenvalue weighted by atomic mass is 14.9. The first-order chi connectivity index (χ1) is 8.21. The monoisotopic (exact) mass is 233 g/mol. The maximum absolute atomic E-state index is 5.68. The lowest BCUT2D eigenvalue weighted by molar-refractivity contribution is 0.767. The lowest BCUT2D eigenvalue weighted by atomic mass is 10.0. The predicted octanol–water partition coefficient (Wildman–Crippen LogP) is 2.23. The molecule has 3 nitrogen and oxygen atoms in total. The molecule has 0 bridgehead atoms. The van der Waals surface area contributed by atoms with Gasteiger partial charge in [0.1, 0.15) is 5.82 Å². The van der Waals surface area contributed by atoms with Crippen molar-refractivity contribution >= 4 is 0 Å². The number of hydrogen-bond acceptors (Lipinski definition) is 3. The maximum Gasteiger partial charge on any atom is 0.132 e. The van der Waals surface area contributed by atoms with Gasteiger partial charge in [-0.3, -0.25) is 0 Å². The number of aromatic nitrogens is 2. The summed E-state index contributed by atoms with van der Waals surface area (Å²) in [6.07, 6.45) is 4.13. The van der Waals surface area contributed by atoms with Gasteiger partial charge in [0.2, 0.25) is 0 Å². The van der Waals surface area contributed by atoms with Gasteiger partial charge in [0.15, 0.2) is 0 Å². The van der Waals surface area contributed by atoms with E-state index < -0.39 is 0 Å². The van der Waals surface area contributed by atoms with Gasteiger partial charge in [-0.1, -0.05) is 20.8 Å². The molecule has 2 unspecified atom stereocenters. The van der Waals surface area contributed by atoms with Gasteiger partial charge in [-0.15, -0.1) is 0 Å². The second-order valence-corrected chi connectivity index (χ2v) is 5.02. The minimum Gasteiger partial charge on any atom is -0.330 e. The van der Waals surface area contributed by atoms with Gasteiger partial charge in [0.05, 0.1) is 0 Å². The minimum atomic E-state index is 0.609. The minimum absolute atomic E-state index is 0.609. The second kappa shape index (κ2) is 5.13. The molecule has 0 aliphatic heterocycles. The van der Waals surface area contributed by atoms with Crippen molar-refractivity contribution in [2.75, 3.05) is 6.54 Å². The Morgan fingerprint density at radius 1 is 1.18 bits per heavy atom. The van der Waals surface area contributed by atoms with Gasteiger partial charge in [-0.25, -0.2) is 9.97 Å². The van der Waals surface area contributed by atoms with Gasteiger partial charge in [0, 0.05) is 17.3 Å². The molecule has 1 aromatic rings. The zero-order chi connectivity index (χ0) is 12.4. The van der Waals surface area contributed by atoms with Crippen LogP contribution in [0.4, 0.5) is 0 Å². The molecule has 94 valence electrons. The Morgan fingerprint density at radius 3 is 2.06 bits per heavy atom. The summed E-state index contributed by atoms with van der Waals surface area (Å²) in [5, 5.41) is 0. The van der Waals surface area contributed by atoms with Gasteiger partial charge < -0.3 is 5.73 Å². The lowest BCUT2D eigenvalue weighted by Gasteiger charge is -2.13. The summed E-state index contributed by atoms with van der Waals surface area (Å²) < 4.78 is 0. The highest BCUT2D eigenvalue weighted by Gasteiger charge is 2.37. The summed E-state index contributed by atoms with van der Waals surface area (Å²) in [5.41, 5.74) is 9.42. The van der Waals surface area contributed by atoms with Crippen LogP contribution in [0.2, 0.25) is 0 Å². The van der Waals surface area contributed by atoms with E-state index in [-0.39, 0.29) is 0 Å². The molecule has 1 fully saturated rings. The van der Waals surface area contributed by atoms with Crippen molar-refractivity contribution in [1.82, 2.24) is 9.97 Å². The van der Waals surface area contributed by atoms with Crippen LogP contribution in [0.15, 0.2) is 0 Å². The molecule has 1 heterocycles. The third-order valence-electron chi connectivity index (χ3n) is 3.70. The van der Waals surface area contributed by atoms with Crippen molar-refractivity contribution in [3.63, 3.8) is 0 Å². The van der Waals surface area contributed by atoms with Crippen molar-refractivity contribution in [3.8, 4) is 0 Å². The zero-order valence-electron chi connectivity index (χ0n) is 11.2. The van der Waals surface area contributed by atoms with Gasteiger partial charge >= 0.3 is 0 Å². The number of nitrogens with zero attached hydrogens (tertiary/aromatic N) is 2. The largest absolute Gasteiger partial charge is 0.330 e. The van der Waals surface area contributed by atoms with Crippen molar-refractivity contribution < 1.29 is 0 Å². The zero-order valence-corrected chi connectivity index (χ0v) is 11.2. The van der Waals surface area contributed by atoms with Crippen molar-refractivity contribution in [2.45, 2.75) is 52.4 Å². The quantitative estimate of drug-likeness (QED) is 0.848. The molecular weight excluding hydrogens is 210 g/mol. The predicted molar refractivity (Wildman–Crippen MR) is 70.1 cm³/mol. The average molecular weight is 233 g/mol. The molecule has 0 saturated heterocycles. The fourth-order valence-corrected chi connectivity index (χ4v) is 2.47. The summed E-state index contributed by atoms with van der Waals surface area (Å²) in [6, 6.07) is 0. The number of hydrogen-bond donors (Lipinski definition) is 1. The van der Waals surface area contributed by atoms with Crippen LogP contribution in [0.1, 0.15) is 55.9 Å².